The lowest BCUT2D eigenvalue weighted by Crippen LogP contribution is -2.04. The van der Waals surface area contributed by atoms with E-state index in [2.05, 4.69) is 43.4 Å². The summed E-state index contributed by atoms with van der Waals surface area (Å²) in [6.07, 6.45) is 23.5. The molecule has 0 spiro atoms. The first-order valence-corrected chi connectivity index (χ1v) is 11.1. The van der Waals surface area contributed by atoms with Crippen LogP contribution in [0.15, 0.2) is 54.7 Å². The minimum Gasteiger partial charge on any atom is -0.504 e. The van der Waals surface area contributed by atoms with Gasteiger partial charge in [-0.3, -0.25) is 4.79 Å². The molecule has 4 nitrogen and oxygen atoms in total. The Morgan fingerprint density at radius 3 is 2.33 bits per heavy atom. The van der Waals surface area contributed by atoms with E-state index >= 15 is 0 Å². The van der Waals surface area contributed by atoms with Crippen LogP contribution in [-0.4, -0.2) is 18.2 Å². The number of carbonyl (C=O) groups excluding carboxylic acids is 1. The average Bonchev–Trinajstić information content (AvgIpc) is 2.75. The van der Waals surface area contributed by atoms with Crippen molar-refractivity contribution in [2.24, 2.45) is 0 Å². The first kappa shape index (κ1) is 25.5. The lowest BCUT2D eigenvalue weighted by Gasteiger charge is -2.08. The Bertz CT molecular complexity index is 674. The van der Waals surface area contributed by atoms with Crippen LogP contribution in [0.4, 0.5) is 0 Å². The molecular weight excluding hydrogens is 376 g/mol. The van der Waals surface area contributed by atoms with Gasteiger partial charge in [0.15, 0.2) is 11.5 Å². The van der Waals surface area contributed by atoms with Crippen molar-refractivity contribution >= 4 is 5.97 Å². The Hall–Kier alpha value is -2.49. The zero-order valence-corrected chi connectivity index (χ0v) is 18.6. The normalized spacial score (nSPS) is 11.7. The summed E-state index contributed by atoms with van der Waals surface area (Å²) in [6.45, 7) is 2.35. The van der Waals surface area contributed by atoms with Crippen LogP contribution in [-0.2, 0) is 16.1 Å². The van der Waals surface area contributed by atoms with Crippen LogP contribution in [0.25, 0.3) is 0 Å². The number of aromatic hydroxyl groups is 1. The van der Waals surface area contributed by atoms with Gasteiger partial charge in [0.1, 0.15) is 6.61 Å². The van der Waals surface area contributed by atoms with Gasteiger partial charge in [-0.25, -0.2) is 0 Å². The number of phenolic OH excluding ortho intramolecular Hbond substituents is 1. The molecule has 1 aromatic carbocycles. The largest absolute Gasteiger partial charge is 0.504 e. The van der Waals surface area contributed by atoms with Crippen molar-refractivity contribution in [2.45, 2.75) is 77.7 Å². The molecule has 0 saturated heterocycles. The Morgan fingerprint density at radius 2 is 1.60 bits per heavy atom. The highest BCUT2D eigenvalue weighted by Gasteiger charge is 2.06. The highest BCUT2D eigenvalue weighted by Crippen LogP contribution is 2.26. The molecule has 1 rings (SSSR count). The fraction of sp³-hybridized carbons (Fsp3) is 0.500. The molecule has 0 aliphatic heterocycles. The van der Waals surface area contributed by atoms with Crippen molar-refractivity contribution in [3.63, 3.8) is 0 Å². The molecule has 0 radical (unpaired) electrons. The number of methoxy groups -OCH3 is 1. The number of phenols is 1. The van der Waals surface area contributed by atoms with E-state index in [9.17, 15) is 9.90 Å². The third-order valence-electron chi connectivity index (χ3n) is 4.68. The van der Waals surface area contributed by atoms with E-state index in [1.54, 1.807) is 18.2 Å². The quantitative estimate of drug-likeness (QED) is 0.179. The minimum atomic E-state index is -0.178. The number of rotatable bonds is 16. The minimum absolute atomic E-state index is 0.0790. The monoisotopic (exact) mass is 414 g/mol. The van der Waals surface area contributed by atoms with Gasteiger partial charge in [0.25, 0.3) is 0 Å². The average molecular weight is 415 g/mol. The summed E-state index contributed by atoms with van der Waals surface area (Å²) in [5, 5.41) is 9.57. The zero-order valence-electron chi connectivity index (χ0n) is 18.6. The molecular formula is C26H38O4. The van der Waals surface area contributed by atoms with Crippen LogP contribution in [0.5, 0.6) is 11.5 Å². The molecule has 0 unspecified atom stereocenters. The van der Waals surface area contributed by atoms with Gasteiger partial charge in [0, 0.05) is 6.42 Å². The maximum Gasteiger partial charge on any atom is 0.306 e. The van der Waals surface area contributed by atoms with Crippen molar-refractivity contribution < 1.29 is 19.4 Å². The summed E-state index contributed by atoms with van der Waals surface area (Å²) in [6, 6.07) is 4.94. The summed E-state index contributed by atoms with van der Waals surface area (Å²) in [4.78, 5) is 11.9. The zero-order chi connectivity index (χ0) is 21.9. The molecule has 0 heterocycles. The van der Waals surface area contributed by atoms with Crippen LogP contribution in [0.1, 0.15) is 76.7 Å². The Kier molecular flexibility index (Phi) is 14.8. The molecule has 1 aromatic rings. The van der Waals surface area contributed by atoms with E-state index in [-0.39, 0.29) is 18.3 Å². The van der Waals surface area contributed by atoms with Gasteiger partial charge in [0.2, 0.25) is 0 Å². The van der Waals surface area contributed by atoms with Crippen LogP contribution < -0.4 is 4.74 Å². The third-order valence-corrected chi connectivity index (χ3v) is 4.68. The number of esters is 1. The van der Waals surface area contributed by atoms with Crippen molar-refractivity contribution in [1.82, 2.24) is 0 Å². The van der Waals surface area contributed by atoms with Crippen molar-refractivity contribution in [3.8, 4) is 11.5 Å². The second-order valence-electron chi connectivity index (χ2n) is 7.27. The van der Waals surface area contributed by atoms with Crippen LogP contribution in [0.3, 0.4) is 0 Å². The molecule has 0 amide bonds. The summed E-state index contributed by atoms with van der Waals surface area (Å²) in [5.41, 5.74) is 0.801. The summed E-state index contributed by atoms with van der Waals surface area (Å²) < 4.78 is 10.3. The van der Waals surface area contributed by atoms with E-state index in [0.717, 1.165) is 50.5 Å². The number of ether oxygens (including phenoxy) is 2. The Morgan fingerprint density at radius 1 is 0.933 bits per heavy atom. The topological polar surface area (TPSA) is 55.8 Å². The number of hydrogen-bond donors (Lipinski definition) is 1. The lowest BCUT2D eigenvalue weighted by molar-refractivity contribution is -0.145. The molecule has 30 heavy (non-hydrogen) atoms. The molecule has 0 atom stereocenters. The van der Waals surface area contributed by atoms with E-state index in [0.29, 0.717) is 12.2 Å². The second kappa shape index (κ2) is 17.4. The Balaban J connectivity index is 1.98. The first-order valence-electron chi connectivity index (χ1n) is 11.1. The van der Waals surface area contributed by atoms with Crippen molar-refractivity contribution in [2.75, 3.05) is 7.11 Å². The molecule has 0 saturated carbocycles. The predicted molar refractivity (Wildman–Crippen MR) is 124 cm³/mol. The van der Waals surface area contributed by atoms with Crippen LogP contribution in [0, 0.1) is 0 Å². The predicted octanol–water partition coefficient (Wildman–Crippen LogP) is 7.03. The lowest BCUT2D eigenvalue weighted by atomic mass is 10.1. The highest BCUT2D eigenvalue weighted by atomic mass is 16.5. The molecule has 1 N–H and O–H groups in total. The Labute approximate surface area is 182 Å². The van der Waals surface area contributed by atoms with E-state index in [1.807, 2.05) is 0 Å². The first-order chi connectivity index (χ1) is 14.7. The van der Waals surface area contributed by atoms with Gasteiger partial charge >= 0.3 is 5.97 Å². The van der Waals surface area contributed by atoms with E-state index in [1.165, 1.54) is 20.0 Å². The van der Waals surface area contributed by atoms with Gasteiger partial charge in [-0.2, -0.15) is 0 Å². The fourth-order valence-electron chi connectivity index (χ4n) is 2.94. The van der Waals surface area contributed by atoms with Gasteiger partial charge < -0.3 is 14.6 Å². The SMILES string of the molecule is CCC=CCC=CCC=CCCCCCCCC(=O)OCc1ccc(O)c(OC)c1. The second-order valence-corrected chi connectivity index (χ2v) is 7.27. The smallest absolute Gasteiger partial charge is 0.306 e. The molecule has 0 bridgehead atoms. The fourth-order valence-corrected chi connectivity index (χ4v) is 2.94. The molecule has 4 heteroatoms. The molecule has 0 fully saturated rings. The van der Waals surface area contributed by atoms with Gasteiger partial charge in [-0.1, -0.05) is 68.7 Å². The molecule has 166 valence electrons. The van der Waals surface area contributed by atoms with Gasteiger partial charge in [-0.15, -0.1) is 0 Å². The van der Waals surface area contributed by atoms with Crippen molar-refractivity contribution in [3.05, 3.63) is 60.2 Å². The van der Waals surface area contributed by atoms with E-state index in [4.69, 9.17) is 9.47 Å². The van der Waals surface area contributed by atoms with Gasteiger partial charge in [0.05, 0.1) is 7.11 Å². The summed E-state index contributed by atoms with van der Waals surface area (Å²) in [5.74, 6) is 0.285. The molecule has 0 aromatic heterocycles. The molecule has 0 aliphatic rings. The maximum absolute atomic E-state index is 11.9. The van der Waals surface area contributed by atoms with Crippen LogP contribution in [0.2, 0.25) is 0 Å². The summed E-state index contributed by atoms with van der Waals surface area (Å²) >= 11 is 0. The molecule has 0 aliphatic carbocycles. The van der Waals surface area contributed by atoms with Gasteiger partial charge in [-0.05, 0) is 56.2 Å². The highest BCUT2D eigenvalue weighted by molar-refractivity contribution is 5.69. The maximum atomic E-state index is 11.9. The van der Waals surface area contributed by atoms with Crippen LogP contribution >= 0.6 is 0 Å². The third kappa shape index (κ3) is 12.9. The van der Waals surface area contributed by atoms with E-state index < -0.39 is 0 Å². The number of allylic oxidation sites excluding steroid dienone is 6. The number of hydrogen-bond acceptors (Lipinski definition) is 4. The number of carbonyl (C=O) groups is 1. The number of benzene rings is 1. The summed E-state index contributed by atoms with van der Waals surface area (Å²) in [7, 11) is 1.49. The van der Waals surface area contributed by atoms with Crippen molar-refractivity contribution in [1.29, 1.82) is 0 Å². The standard InChI is InChI=1S/C26H38O4/c1-3-4-5-6-7-8-9-10-11-12-13-14-15-16-17-18-26(28)30-22-23-19-20-24(27)25(21-23)29-2/h4-5,7-8,10-11,19-21,27H,3,6,9,12-18,22H2,1-2H3. The number of unbranched alkanes of at least 4 members (excludes halogenated alkanes) is 5.